The third kappa shape index (κ3) is 24.4. The Bertz CT molecular complexity index is 202. The van der Waals surface area contributed by atoms with Crippen molar-refractivity contribution in [2.75, 3.05) is 5.75 Å². The molecule has 0 spiro atoms. The molecule has 0 aliphatic heterocycles. The topological polar surface area (TPSA) is 0 Å². The van der Waals surface area contributed by atoms with Gasteiger partial charge in [-0.15, -0.1) is 0 Å². The van der Waals surface area contributed by atoms with E-state index in [4.69, 9.17) is 0 Å². The molecule has 0 bridgehead atoms. The van der Waals surface area contributed by atoms with Gasteiger partial charge in [-0.2, -0.15) is 12.6 Å². The lowest BCUT2D eigenvalue weighted by Gasteiger charge is -2.04. The van der Waals surface area contributed by atoms with Crippen LogP contribution in [0, 0.1) is 0 Å². The molecule has 0 aromatic heterocycles. The first kappa shape index (κ1) is 26.4. The zero-order valence-corrected chi connectivity index (χ0v) is 19.3. The van der Waals surface area contributed by atoms with Gasteiger partial charge in [0, 0.05) is 0 Å². The van der Waals surface area contributed by atoms with Crippen LogP contribution in [0.2, 0.25) is 0 Å². The molecule has 26 heavy (non-hydrogen) atoms. The van der Waals surface area contributed by atoms with Gasteiger partial charge in [-0.25, -0.2) is 0 Å². The van der Waals surface area contributed by atoms with E-state index >= 15 is 0 Å². The van der Waals surface area contributed by atoms with Crippen molar-refractivity contribution in [1.29, 1.82) is 0 Å². The Morgan fingerprint density at radius 1 is 0.308 bits per heavy atom. The summed E-state index contributed by atoms with van der Waals surface area (Å²) >= 11 is 4.27. The molecule has 0 unspecified atom stereocenters. The Morgan fingerprint density at radius 3 is 0.692 bits per heavy atom. The van der Waals surface area contributed by atoms with E-state index in [1.807, 2.05) is 0 Å². The summed E-state index contributed by atoms with van der Waals surface area (Å²) in [5.74, 6) is 1.07. The van der Waals surface area contributed by atoms with E-state index < -0.39 is 0 Å². The van der Waals surface area contributed by atoms with Crippen LogP contribution in [-0.2, 0) is 0 Å². The molecule has 0 N–H and O–H groups in total. The summed E-state index contributed by atoms with van der Waals surface area (Å²) in [6, 6.07) is 0. The average Bonchev–Trinajstić information content (AvgIpc) is 2.66. The average molecular weight is 385 g/mol. The highest BCUT2D eigenvalue weighted by Gasteiger charge is 1.95. The van der Waals surface area contributed by atoms with E-state index in [2.05, 4.69) is 19.6 Å². The third-order valence-electron chi connectivity index (χ3n) is 5.76. The SMILES string of the molecule is CCCCCCCCCCCCCCCCCCCCCCCCCS. The maximum atomic E-state index is 4.27. The first-order chi connectivity index (χ1) is 12.9. The van der Waals surface area contributed by atoms with Crippen molar-refractivity contribution in [1.82, 2.24) is 0 Å². The molecule has 0 saturated heterocycles. The van der Waals surface area contributed by atoms with Crippen LogP contribution in [0.3, 0.4) is 0 Å². The van der Waals surface area contributed by atoms with E-state index in [0.717, 1.165) is 5.75 Å². The number of unbranched alkanes of at least 4 members (excludes halogenated alkanes) is 22. The van der Waals surface area contributed by atoms with Crippen LogP contribution < -0.4 is 0 Å². The Balaban J connectivity index is 2.95. The lowest BCUT2D eigenvalue weighted by molar-refractivity contribution is 0.519. The molecule has 0 radical (unpaired) electrons. The fourth-order valence-corrected chi connectivity index (χ4v) is 4.12. The Labute approximate surface area is 173 Å². The first-order valence-electron chi connectivity index (χ1n) is 12.5. The van der Waals surface area contributed by atoms with Gasteiger partial charge in [0.25, 0.3) is 0 Å². The van der Waals surface area contributed by atoms with Gasteiger partial charge >= 0.3 is 0 Å². The van der Waals surface area contributed by atoms with Crippen LogP contribution in [0.5, 0.6) is 0 Å². The zero-order valence-electron chi connectivity index (χ0n) is 18.4. The second kappa shape index (κ2) is 25.4. The second-order valence-corrected chi connectivity index (χ2v) is 8.95. The number of rotatable bonds is 23. The third-order valence-corrected chi connectivity index (χ3v) is 6.08. The predicted molar refractivity (Wildman–Crippen MR) is 126 cm³/mol. The molecule has 0 fully saturated rings. The molecule has 0 rings (SSSR count). The Morgan fingerprint density at radius 2 is 0.500 bits per heavy atom. The van der Waals surface area contributed by atoms with Crippen LogP contribution in [0.25, 0.3) is 0 Å². The van der Waals surface area contributed by atoms with Crippen LogP contribution in [0.15, 0.2) is 0 Å². The molecule has 0 aromatic carbocycles. The standard InChI is InChI=1S/C25H52S/c1-2-3-4-5-6-7-8-9-10-11-12-13-14-15-16-17-18-19-20-21-22-23-24-25-26/h26H,2-25H2,1H3. The number of hydrogen-bond donors (Lipinski definition) is 1. The van der Waals surface area contributed by atoms with Crippen molar-refractivity contribution in [3.05, 3.63) is 0 Å². The molecule has 0 aromatic rings. The molecule has 0 nitrogen and oxygen atoms in total. The van der Waals surface area contributed by atoms with Gasteiger partial charge in [-0.3, -0.25) is 0 Å². The molecule has 1 heteroatoms. The van der Waals surface area contributed by atoms with Gasteiger partial charge in [-0.1, -0.05) is 148 Å². The van der Waals surface area contributed by atoms with Gasteiger partial charge in [-0.05, 0) is 12.2 Å². The summed E-state index contributed by atoms with van der Waals surface area (Å²) in [5.41, 5.74) is 0. The molecule has 0 amide bonds. The second-order valence-electron chi connectivity index (χ2n) is 8.50. The zero-order chi connectivity index (χ0) is 19.0. The van der Waals surface area contributed by atoms with Crippen LogP contribution in [0.1, 0.15) is 155 Å². The molecule has 0 aliphatic carbocycles. The largest absolute Gasteiger partial charge is 0.179 e. The summed E-state index contributed by atoms with van der Waals surface area (Å²) < 4.78 is 0. The lowest BCUT2D eigenvalue weighted by atomic mass is 10.0. The molecule has 0 aliphatic rings. The summed E-state index contributed by atoms with van der Waals surface area (Å²) in [4.78, 5) is 0. The van der Waals surface area contributed by atoms with E-state index in [0.29, 0.717) is 0 Å². The minimum Gasteiger partial charge on any atom is -0.179 e. The number of thiol groups is 1. The van der Waals surface area contributed by atoms with Crippen LogP contribution in [0.4, 0.5) is 0 Å². The monoisotopic (exact) mass is 384 g/mol. The van der Waals surface area contributed by atoms with Gasteiger partial charge in [0.2, 0.25) is 0 Å². The molecule has 0 atom stereocenters. The summed E-state index contributed by atoms with van der Waals surface area (Å²) in [5, 5.41) is 0. The van der Waals surface area contributed by atoms with E-state index in [1.165, 1.54) is 148 Å². The summed E-state index contributed by atoms with van der Waals surface area (Å²) in [7, 11) is 0. The molecule has 158 valence electrons. The molecular formula is C25H52S. The summed E-state index contributed by atoms with van der Waals surface area (Å²) in [6.45, 7) is 2.30. The van der Waals surface area contributed by atoms with Crippen molar-refractivity contribution in [3.8, 4) is 0 Å². The Hall–Kier alpha value is 0.350. The van der Waals surface area contributed by atoms with E-state index in [1.54, 1.807) is 0 Å². The fraction of sp³-hybridized carbons (Fsp3) is 1.00. The Kier molecular flexibility index (Phi) is 25.7. The highest BCUT2D eigenvalue weighted by molar-refractivity contribution is 7.80. The van der Waals surface area contributed by atoms with E-state index in [9.17, 15) is 0 Å². The van der Waals surface area contributed by atoms with Gasteiger partial charge in [0.1, 0.15) is 0 Å². The summed E-state index contributed by atoms with van der Waals surface area (Å²) in [6.07, 6.45) is 33.6. The normalized spacial score (nSPS) is 11.3. The van der Waals surface area contributed by atoms with Crippen molar-refractivity contribution < 1.29 is 0 Å². The maximum Gasteiger partial charge on any atom is -0.00979 e. The molecular weight excluding hydrogens is 332 g/mol. The quantitative estimate of drug-likeness (QED) is 0.131. The van der Waals surface area contributed by atoms with Gasteiger partial charge < -0.3 is 0 Å². The maximum absolute atomic E-state index is 4.27. The van der Waals surface area contributed by atoms with Crippen LogP contribution >= 0.6 is 12.6 Å². The smallest absolute Gasteiger partial charge is 0.00979 e. The first-order valence-corrected chi connectivity index (χ1v) is 13.2. The van der Waals surface area contributed by atoms with Gasteiger partial charge in [0.05, 0.1) is 0 Å². The fourth-order valence-electron chi connectivity index (χ4n) is 3.90. The van der Waals surface area contributed by atoms with Crippen molar-refractivity contribution in [3.63, 3.8) is 0 Å². The minimum atomic E-state index is 1.07. The number of hydrogen-bond acceptors (Lipinski definition) is 1. The highest BCUT2D eigenvalue weighted by Crippen LogP contribution is 2.15. The van der Waals surface area contributed by atoms with E-state index in [-0.39, 0.29) is 0 Å². The highest BCUT2D eigenvalue weighted by atomic mass is 32.1. The lowest BCUT2D eigenvalue weighted by Crippen LogP contribution is -1.84. The molecule has 0 saturated carbocycles. The minimum absolute atomic E-state index is 1.07. The van der Waals surface area contributed by atoms with Crippen molar-refractivity contribution in [2.45, 2.75) is 155 Å². The van der Waals surface area contributed by atoms with Crippen LogP contribution in [-0.4, -0.2) is 5.75 Å². The molecule has 0 heterocycles. The predicted octanol–water partition coefficient (Wildman–Crippen LogP) is 9.91. The van der Waals surface area contributed by atoms with Crippen molar-refractivity contribution >= 4 is 12.6 Å². The van der Waals surface area contributed by atoms with Crippen molar-refractivity contribution in [2.24, 2.45) is 0 Å². The van der Waals surface area contributed by atoms with Gasteiger partial charge in [0.15, 0.2) is 0 Å².